The SMILES string of the molecule is COc1ccc(C(N)=O)cc1C. The fourth-order valence-electron chi connectivity index (χ4n) is 1.03. The smallest absolute Gasteiger partial charge is 0.248 e. The zero-order valence-electron chi connectivity index (χ0n) is 7.13. The highest BCUT2D eigenvalue weighted by Crippen LogP contribution is 2.17. The van der Waals surface area contributed by atoms with Crippen molar-refractivity contribution in [2.45, 2.75) is 6.92 Å². The second kappa shape index (κ2) is 3.26. The van der Waals surface area contributed by atoms with Crippen LogP contribution in [0.5, 0.6) is 5.75 Å². The van der Waals surface area contributed by atoms with E-state index >= 15 is 0 Å². The first-order chi connectivity index (χ1) is 5.65. The Hall–Kier alpha value is -1.51. The van der Waals surface area contributed by atoms with E-state index in [1.54, 1.807) is 25.3 Å². The van der Waals surface area contributed by atoms with Crippen molar-refractivity contribution in [2.24, 2.45) is 5.73 Å². The first-order valence-electron chi connectivity index (χ1n) is 3.59. The molecule has 0 atom stereocenters. The van der Waals surface area contributed by atoms with Crippen molar-refractivity contribution in [3.63, 3.8) is 0 Å². The maximum Gasteiger partial charge on any atom is 0.248 e. The highest BCUT2D eigenvalue weighted by Gasteiger charge is 2.02. The number of carbonyl (C=O) groups is 1. The van der Waals surface area contributed by atoms with Gasteiger partial charge in [0.05, 0.1) is 7.11 Å². The number of ether oxygens (including phenoxy) is 1. The Morgan fingerprint density at radius 1 is 1.50 bits per heavy atom. The van der Waals surface area contributed by atoms with Gasteiger partial charge in [-0.2, -0.15) is 0 Å². The monoisotopic (exact) mass is 165 g/mol. The van der Waals surface area contributed by atoms with E-state index in [0.29, 0.717) is 5.56 Å². The van der Waals surface area contributed by atoms with Crippen molar-refractivity contribution in [1.82, 2.24) is 0 Å². The lowest BCUT2D eigenvalue weighted by molar-refractivity contribution is 0.1000. The summed E-state index contributed by atoms with van der Waals surface area (Å²) in [6.07, 6.45) is 0. The Balaban J connectivity index is 3.10. The van der Waals surface area contributed by atoms with Gasteiger partial charge in [-0.3, -0.25) is 4.79 Å². The molecular weight excluding hydrogens is 154 g/mol. The maximum absolute atomic E-state index is 10.7. The van der Waals surface area contributed by atoms with Gasteiger partial charge in [-0.1, -0.05) is 0 Å². The van der Waals surface area contributed by atoms with Gasteiger partial charge in [-0.15, -0.1) is 0 Å². The molecule has 0 unspecified atom stereocenters. The van der Waals surface area contributed by atoms with Crippen LogP contribution in [0.2, 0.25) is 0 Å². The molecule has 0 bridgehead atoms. The molecule has 0 spiro atoms. The molecule has 1 amide bonds. The van der Waals surface area contributed by atoms with Crippen LogP contribution >= 0.6 is 0 Å². The van der Waals surface area contributed by atoms with Gasteiger partial charge in [-0.05, 0) is 30.7 Å². The number of hydrogen-bond acceptors (Lipinski definition) is 2. The van der Waals surface area contributed by atoms with E-state index < -0.39 is 5.91 Å². The average Bonchev–Trinajstić information content (AvgIpc) is 2.04. The lowest BCUT2D eigenvalue weighted by Gasteiger charge is -2.04. The number of hydrogen-bond donors (Lipinski definition) is 1. The lowest BCUT2D eigenvalue weighted by atomic mass is 10.1. The number of methoxy groups -OCH3 is 1. The number of aryl methyl sites for hydroxylation is 1. The van der Waals surface area contributed by atoms with E-state index in [1.165, 1.54) is 0 Å². The van der Waals surface area contributed by atoms with Crippen LogP contribution in [0.15, 0.2) is 18.2 Å². The number of rotatable bonds is 2. The first-order valence-corrected chi connectivity index (χ1v) is 3.59. The Morgan fingerprint density at radius 3 is 2.58 bits per heavy atom. The van der Waals surface area contributed by atoms with E-state index in [-0.39, 0.29) is 0 Å². The standard InChI is InChI=1S/C9H11NO2/c1-6-5-7(9(10)11)3-4-8(6)12-2/h3-5H,1-2H3,(H2,10,11). The van der Waals surface area contributed by atoms with Crippen LogP contribution in [-0.4, -0.2) is 13.0 Å². The van der Waals surface area contributed by atoms with Crippen LogP contribution in [0, 0.1) is 6.92 Å². The van der Waals surface area contributed by atoms with Crippen molar-refractivity contribution in [2.75, 3.05) is 7.11 Å². The van der Waals surface area contributed by atoms with Crippen LogP contribution < -0.4 is 10.5 Å². The Kier molecular flexibility index (Phi) is 2.33. The molecule has 0 aliphatic carbocycles. The van der Waals surface area contributed by atoms with Gasteiger partial charge >= 0.3 is 0 Å². The summed E-state index contributed by atoms with van der Waals surface area (Å²) in [7, 11) is 1.59. The molecule has 0 heterocycles. The van der Waals surface area contributed by atoms with Crippen LogP contribution in [0.3, 0.4) is 0 Å². The van der Waals surface area contributed by atoms with Crippen LogP contribution in [0.25, 0.3) is 0 Å². The molecule has 1 aromatic rings. The van der Waals surface area contributed by atoms with E-state index in [1.807, 2.05) is 6.92 Å². The summed E-state index contributed by atoms with van der Waals surface area (Å²) in [6.45, 7) is 1.87. The van der Waals surface area contributed by atoms with Crippen molar-refractivity contribution in [3.8, 4) is 5.75 Å². The largest absolute Gasteiger partial charge is 0.496 e. The molecule has 1 aromatic carbocycles. The fraction of sp³-hybridized carbons (Fsp3) is 0.222. The molecule has 2 N–H and O–H groups in total. The van der Waals surface area contributed by atoms with Crippen LogP contribution in [0.4, 0.5) is 0 Å². The van der Waals surface area contributed by atoms with Crippen molar-refractivity contribution < 1.29 is 9.53 Å². The summed E-state index contributed by atoms with van der Waals surface area (Å²) >= 11 is 0. The van der Waals surface area contributed by atoms with E-state index in [9.17, 15) is 4.79 Å². The Bertz CT molecular complexity index is 307. The normalized spacial score (nSPS) is 9.50. The molecule has 3 nitrogen and oxygen atoms in total. The zero-order chi connectivity index (χ0) is 9.14. The molecule has 64 valence electrons. The topological polar surface area (TPSA) is 52.3 Å². The number of primary amides is 1. The molecule has 0 fully saturated rings. The van der Waals surface area contributed by atoms with Crippen molar-refractivity contribution in [1.29, 1.82) is 0 Å². The minimum absolute atomic E-state index is 0.416. The predicted molar refractivity (Wildman–Crippen MR) is 46.2 cm³/mol. The molecule has 1 rings (SSSR count). The molecule has 0 radical (unpaired) electrons. The van der Waals surface area contributed by atoms with Crippen LogP contribution in [0.1, 0.15) is 15.9 Å². The molecule has 0 saturated heterocycles. The van der Waals surface area contributed by atoms with E-state index in [4.69, 9.17) is 10.5 Å². The maximum atomic E-state index is 10.7. The number of carbonyl (C=O) groups excluding carboxylic acids is 1. The second-order valence-electron chi connectivity index (χ2n) is 2.55. The summed E-state index contributed by atoms with van der Waals surface area (Å²) in [5, 5.41) is 0. The third-order valence-electron chi connectivity index (χ3n) is 1.68. The van der Waals surface area contributed by atoms with Crippen molar-refractivity contribution >= 4 is 5.91 Å². The lowest BCUT2D eigenvalue weighted by Crippen LogP contribution is -2.10. The Labute approximate surface area is 71.1 Å². The van der Waals surface area contributed by atoms with Crippen molar-refractivity contribution in [3.05, 3.63) is 29.3 Å². The third kappa shape index (κ3) is 1.56. The summed E-state index contributed by atoms with van der Waals surface area (Å²) in [5.41, 5.74) is 6.51. The second-order valence-corrected chi connectivity index (χ2v) is 2.55. The van der Waals surface area contributed by atoms with Gasteiger partial charge < -0.3 is 10.5 Å². The number of benzene rings is 1. The Morgan fingerprint density at radius 2 is 2.17 bits per heavy atom. The summed E-state index contributed by atoms with van der Waals surface area (Å²) in [5.74, 6) is 0.348. The summed E-state index contributed by atoms with van der Waals surface area (Å²) in [6, 6.07) is 5.09. The molecular formula is C9H11NO2. The van der Waals surface area contributed by atoms with Gasteiger partial charge in [0.1, 0.15) is 5.75 Å². The third-order valence-corrected chi connectivity index (χ3v) is 1.68. The summed E-state index contributed by atoms with van der Waals surface area (Å²) in [4.78, 5) is 10.7. The van der Waals surface area contributed by atoms with Crippen LogP contribution in [-0.2, 0) is 0 Å². The molecule has 0 saturated carbocycles. The van der Waals surface area contributed by atoms with Gasteiger partial charge in [0.25, 0.3) is 0 Å². The van der Waals surface area contributed by atoms with E-state index in [0.717, 1.165) is 11.3 Å². The van der Waals surface area contributed by atoms with Gasteiger partial charge in [0.2, 0.25) is 5.91 Å². The molecule has 3 heteroatoms. The predicted octanol–water partition coefficient (Wildman–Crippen LogP) is 1.10. The molecule has 0 aliphatic heterocycles. The molecule has 0 aromatic heterocycles. The molecule has 12 heavy (non-hydrogen) atoms. The number of amides is 1. The number of nitrogens with two attached hydrogens (primary N) is 1. The zero-order valence-corrected chi connectivity index (χ0v) is 7.13. The molecule has 0 aliphatic rings. The van der Waals surface area contributed by atoms with Gasteiger partial charge in [-0.25, -0.2) is 0 Å². The average molecular weight is 165 g/mol. The quantitative estimate of drug-likeness (QED) is 0.713. The summed E-state index contributed by atoms with van der Waals surface area (Å²) < 4.78 is 5.03. The minimum atomic E-state index is -0.416. The highest BCUT2D eigenvalue weighted by atomic mass is 16.5. The van der Waals surface area contributed by atoms with Gasteiger partial charge in [0, 0.05) is 5.56 Å². The first kappa shape index (κ1) is 8.59. The fourth-order valence-corrected chi connectivity index (χ4v) is 1.03. The van der Waals surface area contributed by atoms with E-state index in [2.05, 4.69) is 0 Å². The highest BCUT2D eigenvalue weighted by molar-refractivity contribution is 5.93. The van der Waals surface area contributed by atoms with Gasteiger partial charge in [0.15, 0.2) is 0 Å². The minimum Gasteiger partial charge on any atom is -0.496 e.